The summed E-state index contributed by atoms with van der Waals surface area (Å²) in [5.74, 6) is 0.399. The molecule has 1 aliphatic heterocycles. The topological polar surface area (TPSA) is 38.3 Å². The van der Waals surface area contributed by atoms with E-state index in [0.29, 0.717) is 19.1 Å². The van der Waals surface area contributed by atoms with Crippen LogP contribution in [0.25, 0.3) is 0 Å². The molecule has 1 amide bonds. The molecule has 1 saturated heterocycles. The van der Waals surface area contributed by atoms with E-state index in [9.17, 15) is 4.79 Å². The van der Waals surface area contributed by atoms with Crippen LogP contribution in [-0.2, 0) is 11.2 Å². The Morgan fingerprint density at radius 1 is 1.37 bits per heavy atom. The molecular formula is C15H20ClNO2. The molecule has 0 atom stereocenters. The Hall–Kier alpha value is -1.06. The third-order valence-electron chi connectivity index (χ3n) is 3.73. The number of rotatable bonds is 4. The normalized spacial score (nSPS) is 18.0. The van der Waals surface area contributed by atoms with Crippen molar-refractivity contribution in [3.8, 4) is 0 Å². The minimum atomic E-state index is -0.322. The van der Waals surface area contributed by atoms with Gasteiger partial charge in [0.05, 0.1) is 5.54 Å². The number of benzene rings is 1. The van der Waals surface area contributed by atoms with Crippen LogP contribution in [0.15, 0.2) is 24.3 Å². The van der Waals surface area contributed by atoms with Gasteiger partial charge in [-0.05, 0) is 30.9 Å². The van der Waals surface area contributed by atoms with Gasteiger partial charge in [0.1, 0.15) is 0 Å². The average Bonchev–Trinajstić information content (AvgIpc) is 2.48. The molecule has 104 valence electrons. The Morgan fingerprint density at radius 3 is 2.68 bits per heavy atom. The van der Waals surface area contributed by atoms with Crippen LogP contribution in [0.1, 0.15) is 35.7 Å². The maximum Gasteiger partial charge on any atom is 0.252 e. The van der Waals surface area contributed by atoms with Gasteiger partial charge >= 0.3 is 0 Å². The van der Waals surface area contributed by atoms with Gasteiger partial charge in [-0.3, -0.25) is 4.79 Å². The minimum Gasteiger partial charge on any atom is -0.381 e. The molecule has 0 radical (unpaired) electrons. The first-order valence-electron chi connectivity index (χ1n) is 6.75. The lowest BCUT2D eigenvalue weighted by Gasteiger charge is -2.36. The summed E-state index contributed by atoms with van der Waals surface area (Å²) < 4.78 is 5.35. The van der Waals surface area contributed by atoms with Gasteiger partial charge in [-0.1, -0.05) is 25.1 Å². The number of hydrogen-bond acceptors (Lipinski definition) is 2. The molecule has 19 heavy (non-hydrogen) atoms. The molecule has 0 unspecified atom stereocenters. The fourth-order valence-corrected chi connectivity index (χ4v) is 2.75. The lowest BCUT2D eigenvalue weighted by atomic mass is 9.91. The Kier molecular flexibility index (Phi) is 4.83. The van der Waals surface area contributed by atoms with Crippen molar-refractivity contribution in [3.05, 3.63) is 35.4 Å². The largest absolute Gasteiger partial charge is 0.381 e. The molecule has 0 saturated carbocycles. The average molecular weight is 282 g/mol. The minimum absolute atomic E-state index is 0.0278. The van der Waals surface area contributed by atoms with E-state index < -0.39 is 0 Å². The van der Waals surface area contributed by atoms with E-state index in [0.717, 1.165) is 30.4 Å². The first-order chi connectivity index (χ1) is 9.21. The second-order valence-corrected chi connectivity index (χ2v) is 5.26. The van der Waals surface area contributed by atoms with Gasteiger partial charge in [0.2, 0.25) is 0 Å². The molecule has 1 aliphatic rings. The lowest BCUT2D eigenvalue weighted by molar-refractivity contribution is 0.0433. The van der Waals surface area contributed by atoms with E-state index in [1.807, 2.05) is 24.3 Å². The Labute approximate surface area is 119 Å². The summed E-state index contributed by atoms with van der Waals surface area (Å²) in [6, 6.07) is 7.72. The predicted octanol–water partition coefficient (Wildman–Crippen LogP) is 2.77. The molecule has 1 fully saturated rings. The number of aryl methyl sites for hydroxylation is 1. The maximum absolute atomic E-state index is 12.4. The highest BCUT2D eigenvalue weighted by Crippen LogP contribution is 2.23. The van der Waals surface area contributed by atoms with Crippen molar-refractivity contribution in [2.24, 2.45) is 0 Å². The molecule has 0 bridgehead atoms. The number of alkyl halides is 1. The molecule has 1 aromatic carbocycles. The quantitative estimate of drug-likeness (QED) is 0.862. The molecule has 1 N–H and O–H groups in total. The standard InChI is InChI=1S/C15H20ClNO2/c1-2-12-5-3-4-6-13(12)14(18)17-15(11-16)7-9-19-10-8-15/h3-6H,2,7-11H2,1H3,(H,17,18). The van der Waals surface area contributed by atoms with Crippen LogP contribution in [0, 0.1) is 0 Å². The number of hydrogen-bond donors (Lipinski definition) is 1. The van der Waals surface area contributed by atoms with Crippen LogP contribution in [0.3, 0.4) is 0 Å². The monoisotopic (exact) mass is 281 g/mol. The van der Waals surface area contributed by atoms with Gasteiger partial charge in [-0.2, -0.15) is 0 Å². The van der Waals surface area contributed by atoms with Crippen LogP contribution in [0.5, 0.6) is 0 Å². The summed E-state index contributed by atoms with van der Waals surface area (Å²) >= 11 is 6.07. The zero-order valence-corrected chi connectivity index (χ0v) is 12.0. The molecule has 2 rings (SSSR count). The highest BCUT2D eigenvalue weighted by Gasteiger charge is 2.33. The molecule has 1 aromatic rings. The van der Waals surface area contributed by atoms with Crippen molar-refractivity contribution >= 4 is 17.5 Å². The zero-order valence-electron chi connectivity index (χ0n) is 11.2. The van der Waals surface area contributed by atoms with E-state index >= 15 is 0 Å². The van der Waals surface area contributed by atoms with Crippen molar-refractivity contribution in [1.82, 2.24) is 5.32 Å². The molecule has 3 nitrogen and oxygen atoms in total. The second-order valence-electron chi connectivity index (χ2n) is 4.99. The highest BCUT2D eigenvalue weighted by molar-refractivity contribution is 6.19. The summed E-state index contributed by atoms with van der Waals surface area (Å²) in [5.41, 5.74) is 1.50. The number of amides is 1. The number of carbonyl (C=O) groups excluding carboxylic acids is 1. The molecule has 0 aliphatic carbocycles. The summed E-state index contributed by atoms with van der Waals surface area (Å²) in [7, 11) is 0. The first-order valence-corrected chi connectivity index (χ1v) is 7.28. The van der Waals surface area contributed by atoms with Crippen molar-refractivity contribution in [2.45, 2.75) is 31.7 Å². The third kappa shape index (κ3) is 3.28. The van der Waals surface area contributed by atoms with Gasteiger partial charge in [0.15, 0.2) is 0 Å². The maximum atomic E-state index is 12.4. The smallest absolute Gasteiger partial charge is 0.252 e. The molecule has 4 heteroatoms. The van der Waals surface area contributed by atoms with Gasteiger partial charge in [-0.25, -0.2) is 0 Å². The molecule has 0 aromatic heterocycles. The number of nitrogens with one attached hydrogen (secondary N) is 1. The summed E-state index contributed by atoms with van der Waals surface area (Å²) in [5, 5.41) is 3.12. The Bertz CT molecular complexity index is 442. The van der Waals surface area contributed by atoms with Crippen molar-refractivity contribution in [3.63, 3.8) is 0 Å². The Morgan fingerprint density at radius 2 is 2.05 bits per heavy atom. The van der Waals surface area contributed by atoms with Gasteiger partial charge in [-0.15, -0.1) is 11.6 Å². The summed E-state index contributed by atoms with van der Waals surface area (Å²) in [6.45, 7) is 3.36. The van der Waals surface area contributed by atoms with E-state index in [4.69, 9.17) is 16.3 Å². The van der Waals surface area contributed by atoms with Crippen molar-refractivity contribution in [2.75, 3.05) is 19.1 Å². The third-order valence-corrected chi connectivity index (χ3v) is 4.24. The predicted molar refractivity (Wildman–Crippen MR) is 76.8 cm³/mol. The highest BCUT2D eigenvalue weighted by atomic mass is 35.5. The van der Waals surface area contributed by atoms with Crippen molar-refractivity contribution in [1.29, 1.82) is 0 Å². The fourth-order valence-electron chi connectivity index (χ4n) is 2.41. The number of halogens is 1. The zero-order chi connectivity index (χ0) is 13.7. The van der Waals surface area contributed by atoms with Crippen LogP contribution in [0.2, 0.25) is 0 Å². The van der Waals surface area contributed by atoms with E-state index in [-0.39, 0.29) is 11.4 Å². The van der Waals surface area contributed by atoms with Crippen LogP contribution >= 0.6 is 11.6 Å². The van der Waals surface area contributed by atoms with Crippen molar-refractivity contribution < 1.29 is 9.53 Å². The number of ether oxygens (including phenoxy) is 1. The first kappa shape index (κ1) is 14.4. The lowest BCUT2D eigenvalue weighted by Crippen LogP contribution is -2.53. The second kappa shape index (κ2) is 6.40. The van der Waals surface area contributed by atoms with Gasteiger partial charge in [0.25, 0.3) is 5.91 Å². The summed E-state index contributed by atoms with van der Waals surface area (Å²) in [6.07, 6.45) is 2.40. The number of carbonyl (C=O) groups is 1. The van der Waals surface area contributed by atoms with Crippen LogP contribution in [0.4, 0.5) is 0 Å². The van der Waals surface area contributed by atoms with Gasteiger partial charge < -0.3 is 10.1 Å². The van der Waals surface area contributed by atoms with Crippen LogP contribution in [-0.4, -0.2) is 30.5 Å². The fraction of sp³-hybridized carbons (Fsp3) is 0.533. The molecular weight excluding hydrogens is 262 g/mol. The Balaban J connectivity index is 2.15. The van der Waals surface area contributed by atoms with E-state index in [1.54, 1.807) is 0 Å². The molecule has 1 heterocycles. The molecule has 0 spiro atoms. The van der Waals surface area contributed by atoms with E-state index in [1.165, 1.54) is 0 Å². The van der Waals surface area contributed by atoms with Crippen LogP contribution < -0.4 is 5.32 Å². The van der Waals surface area contributed by atoms with Gasteiger partial charge in [0, 0.05) is 24.7 Å². The van der Waals surface area contributed by atoms with E-state index in [2.05, 4.69) is 12.2 Å². The summed E-state index contributed by atoms with van der Waals surface area (Å²) in [4.78, 5) is 12.4. The SMILES string of the molecule is CCc1ccccc1C(=O)NC1(CCl)CCOCC1.